The predicted octanol–water partition coefficient (Wildman–Crippen LogP) is 5.25. The van der Waals surface area contributed by atoms with Crippen molar-refractivity contribution >= 4 is 17.3 Å². The van der Waals surface area contributed by atoms with Gasteiger partial charge < -0.3 is 9.80 Å². The average molecular weight is 299 g/mol. The number of guanidine groups is 1. The van der Waals surface area contributed by atoms with Crippen LogP contribution in [0.2, 0.25) is 0 Å². The summed E-state index contributed by atoms with van der Waals surface area (Å²) in [5, 5.41) is 8.23. The Morgan fingerprint density at radius 1 is 0.636 bits per heavy atom. The zero-order valence-corrected chi connectivity index (χ0v) is 14.7. The van der Waals surface area contributed by atoms with Crippen molar-refractivity contribution in [2.45, 2.75) is 27.7 Å². The first-order valence-corrected chi connectivity index (χ1v) is 7.86. The lowest BCUT2D eigenvalue weighted by Gasteiger charge is -2.28. The van der Waals surface area contributed by atoms with Gasteiger partial charge in [0.2, 0.25) is 5.96 Å². The number of nitrogens with zero attached hydrogens (tertiary/aromatic N) is 2. The topological polar surface area (TPSA) is 30.3 Å². The Hall–Kier alpha value is -2.29. The zero-order valence-electron chi connectivity index (χ0n) is 14.7. The predicted molar refractivity (Wildman–Crippen MR) is 100 cm³/mol. The Morgan fingerprint density at radius 2 is 0.909 bits per heavy atom. The Labute approximate surface area is 135 Å². The average Bonchev–Trinajstić information content (AvgIpc) is 2.64. The van der Waals surface area contributed by atoms with E-state index < -0.39 is 0 Å². The van der Waals surface area contributed by atoms with Gasteiger partial charge in [-0.2, -0.15) is 0 Å². The zero-order chi connectivity index (χ0) is 17.0. The quantitative estimate of drug-likeness (QED) is 0.606. The molecular formula is C19H29N3. The number of para-hydroxylation sites is 2. The molecule has 0 atom stereocenters. The highest BCUT2D eigenvalue weighted by Crippen LogP contribution is 2.16. The summed E-state index contributed by atoms with van der Waals surface area (Å²) < 4.78 is 0. The van der Waals surface area contributed by atoms with E-state index in [4.69, 9.17) is 5.41 Å². The van der Waals surface area contributed by atoms with Gasteiger partial charge in [0, 0.05) is 25.5 Å². The van der Waals surface area contributed by atoms with Crippen molar-refractivity contribution in [3.8, 4) is 0 Å². The van der Waals surface area contributed by atoms with Gasteiger partial charge in [-0.05, 0) is 24.3 Å². The first kappa shape index (κ1) is 19.7. The molecule has 120 valence electrons. The SMILES string of the molecule is CC.CC.CN(C(=N)N(C)c1ccccc1)c1ccccc1. The summed E-state index contributed by atoms with van der Waals surface area (Å²) in [6, 6.07) is 19.8. The van der Waals surface area contributed by atoms with Crippen molar-refractivity contribution < 1.29 is 0 Å². The fourth-order valence-corrected chi connectivity index (χ4v) is 1.77. The van der Waals surface area contributed by atoms with E-state index in [0.717, 1.165) is 11.4 Å². The maximum absolute atomic E-state index is 8.23. The van der Waals surface area contributed by atoms with Crippen LogP contribution in [0.5, 0.6) is 0 Å². The molecule has 0 aliphatic heterocycles. The second-order valence-electron chi connectivity index (χ2n) is 4.11. The minimum atomic E-state index is 0.437. The lowest BCUT2D eigenvalue weighted by Crippen LogP contribution is -2.39. The normalized spacial score (nSPS) is 8.64. The van der Waals surface area contributed by atoms with E-state index in [1.54, 1.807) is 0 Å². The summed E-state index contributed by atoms with van der Waals surface area (Å²) in [6.07, 6.45) is 0. The smallest absolute Gasteiger partial charge is 0.202 e. The molecule has 0 spiro atoms. The molecule has 0 bridgehead atoms. The van der Waals surface area contributed by atoms with Crippen LogP contribution in [0, 0.1) is 5.41 Å². The molecule has 3 nitrogen and oxygen atoms in total. The Bertz CT molecular complexity index is 461. The summed E-state index contributed by atoms with van der Waals surface area (Å²) in [6.45, 7) is 8.00. The monoisotopic (exact) mass is 299 g/mol. The third-order valence-corrected chi connectivity index (χ3v) is 2.92. The molecule has 0 saturated carbocycles. The molecule has 22 heavy (non-hydrogen) atoms. The van der Waals surface area contributed by atoms with E-state index in [0.29, 0.717) is 5.96 Å². The van der Waals surface area contributed by atoms with Crippen LogP contribution in [-0.4, -0.2) is 20.1 Å². The summed E-state index contributed by atoms with van der Waals surface area (Å²) in [5.41, 5.74) is 2.01. The van der Waals surface area contributed by atoms with Crippen LogP contribution in [0.25, 0.3) is 0 Å². The molecule has 0 amide bonds. The number of anilines is 2. The Kier molecular flexibility index (Phi) is 10.2. The van der Waals surface area contributed by atoms with Gasteiger partial charge in [0.1, 0.15) is 0 Å². The number of hydrogen-bond donors (Lipinski definition) is 1. The summed E-state index contributed by atoms with van der Waals surface area (Å²) in [4.78, 5) is 3.71. The summed E-state index contributed by atoms with van der Waals surface area (Å²) in [5.74, 6) is 0.437. The molecule has 0 fully saturated rings. The minimum absolute atomic E-state index is 0.437. The van der Waals surface area contributed by atoms with Gasteiger partial charge in [-0.25, -0.2) is 0 Å². The van der Waals surface area contributed by atoms with Crippen molar-refractivity contribution in [3.05, 3.63) is 60.7 Å². The molecule has 2 aromatic carbocycles. The first-order valence-electron chi connectivity index (χ1n) is 7.86. The van der Waals surface area contributed by atoms with Crippen LogP contribution in [0.1, 0.15) is 27.7 Å². The largest absolute Gasteiger partial charge is 0.316 e. The van der Waals surface area contributed by atoms with Gasteiger partial charge in [0.05, 0.1) is 0 Å². The molecule has 0 heterocycles. The van der Waals surface area contributed by atoms with Crippen molar-refractivity contribution in [3.63, 3.8) is 0 Å². The molecule has 0 saturated heterocycles. The van der Waals surface area contributed by atoms with E-state index in [-0.39, 0.29) is 0 Å². The number of benzene rings is 2. The molecule has 1 N–H and O–H groups in total. The molecule has 2 rings (SSSR count). The molecule has 2 aromatic rings. The number of rotatable bonds is 2. The van der Waals surface area contributed by atoms with Gasteiger partial charge in [0.25, 0.3) is 0 Å². The maximum atomic E-state index is 8.23. The second kappa shape index (κ2) is 11.4. The van der Waals surface area contributed by atoms with E-state index in [1.807, 2.05) is 112 Å². The lowest BCUT2D eigenvalue weighted by molar-refractivity contribution is 1.12. The molecule has 0 radical (unpaired) electrons. The fraction of sp³-hybridized carbons (Fsp3) is 0.316. The summed E-state index contributed by atoms with van der Waals surface area (Å²) in [7, 11) is 3.80. The van der Waals surface area contributed by atoms with Gasteiger partial charge in [-0.1, -0.05) is 64.1 Å². The number of nitrogens with one attached hydrogen (secondary N) is 1. The molecule has 0 unspecified atom stereocenters. The van der Waals surface area contributed by atoms with Gasteiger partial charge in [0.15, 0.2) is 0 Å². The van der Waals surface area contributed by atoms with Crippen LogP contribution in [0.15, 0.2) is 60.7 Å². The van der Waals surface area contributed by atoms with Crippen LogP contribution in [0.4, 0.5) is 11.4 Å². The fourth-order valence-electron chi connectivity index (χ4n) is 1.77. The van der Waals surface area contributed by atoms with Gasteiger partial charge >= 0.3 is 0 Å². The van der Waals surface area contributed by atoms with Gasteiger partial charge in [-0.3, -0.25) is 5.41 Å². The Morgan fingerprint density at radius 3 is 1.18 bits per heavy atom. The van der Waals surface area contributed by atoms with Crippen LogP contribution in [0.3, 0.4) is 0 Å². The number of hydrogen-bond acceptors (Lipinski definition) is 1. The Balaban J connectivity index is 0.00000102. The second-order valence-corrected chi connectivity index (χ2v) is 4.11. The molecular weight excluding hydrogens is 270 g/mol. The highest BCUT2D eigenvalue weighted by molar-refractivity contribution is 6.04. The third-order valence-electron chi connectivity index (χ3n) is 2.92. The van der Waals surface area contributed by atoms with E-state index in [9.17, 15) is 0 Å². The third kappa shape index (κ3) is 5.60. The van der Waals surface area contributed by atoms with Crippen LogP contribution >= 0.6 is 0 Å². The molecule has 3 heteroatoms. The van der Waals surface area contributed by atoms with E-state index in [1.165, 1.54) is 0 Å². The minimum Gasteiger partial charge on any atom is -0.316 e. The van der Waals surface area contributed by atoms with Crippen molar-refractivity contribution in [2.24, 2.45) is 0 Å². The molecule has 0 aromatic heterocycles. The van der Waals surface area contributed by atoms with Crippen LogP contribution < -0.4 is 9.80 Å². The van der Waals surface area contributed by atoms with Crippen molar-refractivity contribution in [1.29, 1.82) is 5.41 Å². The molecule has 0 aliphatic rings. The maximum Gasteiger partial charge on any atom is 0.202 e. The van der Waals surface area contributed by atoms with Crippen molar-refractivity contribution in [2.75, 3.05) is 23.9 Å². The van der Waals surface area contributed by atoms with Crippen LogP contribution in [-0.2, 0) is 0 Å². The van der Waals surface area contributed by atoms with E-state index >= 15 is 0 Å². The van der Waals surface area contributed by atoms with E-state index in [2.05, 4.69) is 0 Å². The summed E-state index contributed by atoms with van der Waals surface area (Å²) >= 11 is 0. The lowest BCUT2D eigenvalue weighted by atomic mass is 10.3. The standard InChI is InChI=1S/C15H17N3.2C2H6/c1-17(13-9-5-3-6-10-13)15(16)18(2)14-11-7-4-8-12-14;2*1-2/h3-12,16H,1-2H3;2*1-2H3. The van der Waals surface area contributed by atoms with Crippen molar-refractivity contribution in [1.82, 2.24) is 0 Å². The highest BCUT2D eigenvalue weighted by Gasteiger charge is 2.12. The van der Waals surface area contributed by atoms with Gasteiger partial charge in [-0.15, -0.1) is 0 Å². The highest BCUT2D eigenvalue weighted by atomic mass is 15.3. The first-order chi connectivity index (χ1) is 10.7. The molecule has 0 aliphatic carbocycles.